The van der Waals surface area contributed by atoms with Gasteiger partial charge in [-0.15, -0.1) is 0 Å². The fourth-order valence-electron chi connectivity index (χ4n) is 4.55. The van der Waals surface area contributed by atoms with E-state index in [1.807, 2.05) is 54.6 Å². The summed E-state index contributed by atoms with van der Waals surface area (Å²) in [5.74, 6) is -0.565. The smallest absolute Gasteiger partial charge is 0.408 e. The molecule has 41 heavy (non-hydrogen) atoms. The minimum atomic E-state index is -0.951. The number of ether oxygens (including phenoxy) is 1. The first kappa shape index (κ1) is 34.2. The molecule has 2 N–H and O–H groups in total. The molecule has 0 saturated carbocycles. The van der Waals surface area contributed by atoms with E-state index >= 15 is 0 Å². The van der Waals surface area contributed by atoms with E-state index in [0.717, 1.165) is 55.2 Å². The standard InChI is InChI=1S/C33H49N3O4S/c1-6-8-9-10-11-15-22-36(31(38)28(24-41)35-32(39)40-33(3,4)5)29(27-20-18-25(7-2)19-21-27)30(37)34-23-26-16-13-12-14-17-26/h12-14,16-21,28-29,41H,6-11,15,22-24H2,1-5H3,(H,34,37)(H,35,39). The monoisotopic (exact) mass is 583 g/mol. The number of alkyl carbamates (subject to hydrolysis) is 1. The molecule has 226 valence electrons. The van der Waals surface area contributed by atoms with E-state index < -0.39 is 23.8 Å². The number of carbonyl (C=O) groups is 3. The molecule has 8 heteroatoms. The first-order valence-electron chi connectivity index (χ1n) is 14.9. The zero-order valence-corrected chi connectivity index (χ0v) is 26.3. The molecule has 2 atom stereocenters. The molecule has 0 aliphatic rings. The van der Waals surface area contributed by atoms with Crippen LogP contribution < -0.4 is 10.6 Å². The molecule has 7 nitrogen and oxygen atoms in total. The first-order valence-corrected chi connectivity index (χ1v) is 15.5. The lowest BCUT2D eigenvalue weighted by molar-refractivity contribution is -0.142. The predicted molar refractivity (Wildman–Crippen MR) is 169 cm³/mol. The van der Waals surface area contributed by atoms with Gasteiger partial charge in [0.25, 0.3) is 0 Å². The van der Waals surface area contributed by atoms with Crippen LogP contribution in [0.15, 0.2) is 54.6 Å². The van der Waals surface area contributed by atoms with Gasteiger partial charge in [0, 0.05) is 18.8 Å². The third kappa shape index (κ3) is 12.2. The van der Waals surface area contributed by atoms with Gasteiger partial charge in [-0.2, -0.15) is 12.6 Å². The van der Waals surface area contributed by atoms with E-state index in [4.69, 9.17) is 4.74 Å². The topological polar surface area (TPSA) is 87.7 Å². The van der Waals surface area contributed by atoms with E-state index in [1.54, 1.807) is 25.7 Å². The van der Waals surface area contributed by atoms with Crippen LogP contribution in [0.2, 0.25) is 0 Å². The molecule has 0 heterocycles. The van der Waals surface area contributed by atoms with Crippen LogP contribution in [0.25, 0.3) is 0 Å². The van der Waals surface area contributed by atoms with Crippen molar-refractivity contribution in [3.8, 4) is 0 Å². The third-order valence-corrected chi connectivity index (χ3v) is 7.15. The minimum Gasteiger partial charge on any atom is -0.444 e. The maximum Gasteiger partial charge on any atom is 0.408 e. The van der Waals surface area contributed by atoms with E-state index in [-0.39, 0.29) is 17.6 Å². The molecule has 0 saturated heterocycles. The second-order valence-corrected chi connectivity index (χ2v) is 11.7. The summed E-state index contributed by atoms with van der Waals surface area (Å²) < 4.78 is 5.41. The highest BCUT2D eigenvalue weighted by atomic mass is 32.1. The number of carbonyl (C=O) groups excluding carboxylic acids is 3. The second kappa shape index (κ2) is 17.7. The van der Waals surface area contributed by atoms with Crippen LogP contribution in [0, 0.1) is 0 Å². The number of amides is 3. The van der Waals surface area contributed by atoms with Gasteiger partial charge in [0.1, 0.15) is 17.7 Å². The third-order valence-electron chi connectivity index (χ3n) is 6.78. The Kier molecular flexibility index (Phi) is 14.8. The molecule has 2 unspecified atom stereocenters. The van der Waals surface area contributed by atoms with E-state index in [1.165, 1.54) is 6.42 Å². The van der Waals surface area contributed by atoms with Gasteiger partial charge in [-0.25, -0.2) is 4.79 Å². The van der Waals surface area contributed by atoms with Crippen molar-refractivity contribution in [1.29, 1.82) is 0 Å². The summed E-state index contributed by atoms with van der Waals surface area (Å²) in [4.78, 5) is 42.2. The molecule has 0 aromatic heterocycles. The number of aryl methyl sites for hydroxylation is 1. The van der Waals surface area contributed by atoms with Crippen LogP contribution in [0.1, 0.15) is 95.9 Å². The summed E-state index contributed by atoms with van der Waals surface area (Å²) >= 11 is 4.39. The van der Waals surface area contributed by atoms with Crippen molar-refractivity contribution in [2.75, 3.05) is 12.3 Å². The van der Waals surface area contributed by atoms with Crippen molar-refractivity contribution >= 4 is 30.5 Å². The number of thiol groups is 1. The van der Waals surface area contributed by atoms with Gasteiger partial charge in [0.2, 0.25) is 11.8 Å². The Morgan fingerprint density at radius 1 is 0.878 bits per heavy atom. The fourth-order valence-corrected chi connectivity index (χ4v) is 4.80. The normalized spacial score (nSPS) is 12.7. The summed E-state index contributed by atoms with van der Waals surface area (Å²) in [6.45, 7) is 10.3. The zero-order valence-electron chi connectivity index (χ0n) is 25.4. The van der Waals surface area contributed by atoms with Crippen molar-refractivity contribution in [2.45, 2.75) is 104 Å². The number of hydrogen-bond acceptors (Lipinski definition) is 5. The molecule has 3 amide bonds. The van der Waals surface area contributed by atoms with Gasteiger partial charge < -0.3 is 20.3 Å². The van der Waals surface area contributed by atoms with E-state index in [9.17, 15) is 14.4 Å². The zero-order chi connectivity index (χ0) is 30.3. The second-order valence-electron chi connectivity index (χ2n) is 11.4. The van der Waals surface area contributed by atoms with Crippen molar-refractivity contribution < 1.29 is 19.1 Å². The highest BCUT2D eigenvalue weighted by Crippen LogP contribution is 2.25. The van der Waals surface area contributed by atoms with Crippen LogP contribution in [-0.4, -0.2) is 46.7 Å². The number of nitrogens with one attached hydrogen (secondary N) is 2. The highest BCUT2D eigenvalue weighted by Gasteiger charge is 2.35. The molecule has 2 rings (SSSR count). The summed E-state index contributed by atoms with van der Waals surface area (Å²) in [5, 5.41) is 5.73. The largest absolute Gasteiger partial charge is 0.444 e. The maximum atomic E-state index is 14.1. The molecule has 0 fully saturated rings. The van der Waals surface area contributed by atoms with Gasteiger partial charge in [-0.3, -0.25) is 9.59 Å². The molecular weight excluding hydrogens is 534 g/mol. The number of benzene rings is 2. The lowest BCUT2D eigenvalue weighted by atomic mass is 10.00. The van der Waals surface area contributed by atoms with Gasteiger partial charge in [-0.05, 0) is 50.3 Å². The minimum absolute atomic E-state index is 0.0677. The van der Waals surface area contributed by atoms with Gasteiger partial charge in [0.15, 0.2) is 0 Å². The lowest BCUT2D eigenvalue weighted by Gasteiger charge is -2.34. The van der Waals surface area contributed by atoms with Gasteiger partial charge >= 0.3 is 6.09 Å². The first-order chi connectivity index (χ1) is 19.6. The highest BCUT2D eigenvalue weighted by molar-refractivity contribution is 7.80. The Morgan fingerprint density at radius 2 is 1.51 bits per heavy atom. The van der Waals surface area contributed by atoms with Gasteiger partial charge in [0.05, 0.1) is 0 Å². The number of nitrogens with zero attached hydrogens (tertiary/aromatic N) is 1. The summed E-state index contributed by atoms with van der Waals surface area (Å²) in [6, 6.07) is 15.7. The molecule has 0 aliphatic carbocycles. The lowest BCUT2D eigenvalue weighted by Crippen LogP contribution is -2.54. The Labute approximate surface area is 252 Å². The number of rotatable bonds is 16. The quantitative estimate of drug-likeness (QED) is 0.153. The summed E-state index contributed by atoms with van der Waals surface area (Å²) in [7, 11) is 0. The molecule has 0 spiro atoms. The fraction of sp³-hybridized carbons (Fsp3) is 0.545. The van der Waals surface area contributed by atoms with Gasteiger partial charge in [-0.1, -0.05) is 101 Å². The van der Waals surface area contributed by atoms with Crippen LogP contribution in [0.3, 0.4) is 0 Å². The molecule has 0 aliphatic heterocycles. The van der Waals surface area contributed by atoms with Crippen molar-refractivity contribution in [3.05, 3.63) is 71.3 Å². The molecule has 0 bridgehead atoms. The summed E-state index contributed by atoms with van der Waals surface area (Å²) in [6.07, 6.45) is 6.41. The van der Waals surface area contributed by atoms with E-state index in [2.05, 4.69) is 37.1 Å². The average Bonchev–Trinajstić information content (AvgIpc) is 2.95. The number of unbranched alkanes of at least 4 members (excludes halogenated alkanes) is 5. The SMILES string of the molecule is CCCCCCCCN(C(=O)C(CS)NC(=O)OC(C)(C)C)C(C(=O)NCc1ccccc1)c1ccc(CC)cc1. The molecule has 2 aromatic rings. The molecule has 0 radical (unpaired) electrons. The number of hydrogen-bond donors (Lipinski definition) is 3. The van der Waals surface area contributed by atoms with Crippen molar-refractivity contribution in [1.82, 2.24) is 15.5 Å². The Hall–Kier alpha value is -3.00. The van der Waals surface area contributed by atoms with Crippen LogP contribution in [0.5, 0.6) is 0 Å². The average molecular weight is 584 g/mol. The van der Waals surface area contributed by atoms with Crippen molar-refractivity contribution in [2.24, 2.45) is 0 Å². The van der Waals surface area contributed by atoms with Crippen LogP contribution >= 0.6 is 12.6 Å². The van der Waals surface area contributed by atoms with Crippen LogP contribution in [-0.2, 0) is 27.3 Å². The Morgan fingerprint density at radius 3 is 2.10 bits per heavy atom. The van der Waals surface area contributed by atoms with Crippen LogP contribution in [0.4, 0.5) is 4.79 Å². The van der Waals surface area contributed by atoms with Crippen molar-refractivity contribution in [3.63, 3.8) is 0 Å². The maximum absolute atomic E-state index is 14.1. The Bertz CT molecular complexity index is 1070. The Balaban J connectivity index is 2.39. The molecule has 2 aromatic carbocycles. The predicted octanol–water partition coefficient (Wildman–Crippen LogP) is 6.62. The van der Waals surface area contributed by atoms with E-state index in [0.29, 0.717) is 13.1 Å². The summed E-state index contributed by atoms with van der Waals surface area (Å²) in [5.41, 5.74) is 2.12. The molecular formula is C33H49N3O4S.